The topological polar surface area (TPSA) is 3.24 Å². The second-order valence-electron chi connectivity index (χ2n) is 17.8. The molecular formula is C60H47N. The average Bonchev–Trinajstić information content (AvgIpc) is 3.68. The summed E-state index contributed by atoms with van der Waals surface area (Å²) in [6, 6.07) is 78.5. The van der Waals surface area contributed by atoms with E-state index < -0.39 is 0 Å². The molecule has 0 aliphatic heterocycles. The van der Waals surface area contributed by atoms with Crippen LogP contribution in [-0.2, 0) is 10.8 Å². The third kappa shape index (κ3) is 6.07. The van der Waals surface area contributed by atoms with Crippen molar-refractivity contribution in [3.63, 3.8) is 0 Å². The van der Waals surface area contributed by atoms with Gasteiger partial charge in [0, 0.05) is 27.8 Å². The van der Waals surface area contributed by atoms with Crippen LogP contribution in [0.3, 0.4) is 0 Å². The van der Waals surface area contributed by atoms with Crippen LogP contribution < -0.4 is 4.90 Å². The second-order valence-corrected chi connectivity index (χ2v) is 17.8. The van der Waals surface area contributed by atoms with Gasteiger partial charge < -0.3 is 4.90 Å². The summed E-state index contributed by atoms with van der Waals surface area (Å²) in [7, 11) is 0. The Hall–Kier alpha value is -7.22. The zero-order valence-electron chi connectivity index (χ0n) is 35.2. The van der Waals surface area contributed by atoms with Gasteiger partial charge in [-0.1, -0.05) is 204 Å². The van der Waals surface area contributed by atoms with E-state index >= 15 is 0 Å². The van der Waals surface area contributed by atoms with E-state index in [1.54, 1.807) is 0 Å². The van der Waals surface area contributed by atoms with Crippen molar-refractivity contribution in [3.05, 3.63) is 235 Å². The van der Waals surface area contributed by atoms with E-state index in [0.29, 0.717) is 0 Å². The Labute approximate surface area is 360 Å². The van der Waals surface area contributed by atoms with Crippen LogP contribution in [0.1, 0.15) is 49.9 Å². The van der Waals surface area contributed by atoms with Gasteiger partial charge in [-0.25, -0.2) is 0 Å². The van der Waals surface area contributed by atoms with Gasteiger partial charge in [0.2, 0.25) is 0 Å². The van der Waals surface area contributed by atoms with Gasteiger partial charge in [0.15, 0.2) is 0 Å². The molecule has 0 unspecified atom stereocenters. The number of hydrogen-bond donors (Lipinski definition) is 0. The average molecular weight is 782 g/mol. The maximum absolute atomic E-state index is 2.50. The summed E-state index contributed by atoms with van der Waals surface area (Å²) in [6.45, 7) is 9.53. The first-order chi connectivity index (χ1) is 29.8. The second kappa shape index (κ2) is 14.2. The minimum absolute atomic E-state index is 0.123. The molecule has 0 atom stereocenters. The third-order valence-corrected chi connectivity index (χ3v) is 13.5. The fourth-order valence-electron chi connectivity index (χ4n) is 10.2. The molecule has 2 aliphatic carbocycles. The lowest BCUT2D eigenvalue weighted by atomic mass is 9.81. The van der Waals surface area contributed by atoms with E-state index in [0.717, 1.165) is 17.1 Å². The normalized spacial score (nSPS) is 13.8. The first-order valence-electron chi connectivity index (χ1n) is 21.5. The molecule has 9 aromatic rings. The van der Waals surface area contributed by atoms with Gasteiger partial charge in [-0.2, -0.15) is 0 Å². The number of benzene rings is 9. The van der Waals surface area contributed by atoms with Gasteiger partial charge in [0.1, 0.15) is 0 Å². The Morgan fingerprint density at radius 3 is 1.18 bits per heavy atom. The number of rotatable bonds is 7. The first kappa shape index (κ1) is 36.8. The number of anilines is 3. The monoisotopic (exact) mass is 781 g/mol. The molecule has 0 amide bonds. The predicted octanol–water partition coefficient (Wildman–Crippen LogP) is 16.4. The van der Waals surface area contributed by atoms with Crippen LogP contribution in [0, 0.1) is 0 Å². The molecular weight excluding hydrogens is 735 g/mol. The van der Waals surface area contributed by atoms with Crippen molar-refractivity contribution in [3.8, 4) is 66.8 Å². The standard InChI is InChI=1S/C60H47N/c1-59(2)54-21-13-11-20-50(54)52-35-32-47(38-56(52)59)61(58-22-14-12-19-49(58)45-29-27-43(28-30-45)41-17-9-6-10-18-41)48-33-36-53-51-34-31-46(37-55(51)60(3,4)57(53)39-48)44-25-23-42(24-26-44)40-15-7-5-8-16-40/h5-39H,1-4H3. The molecule has 0 radical (unpaired) electrons. The molecule has 9 aromatic carbocycles. The number of para-hydroxylation sites is 1. The molecule has 0 heterocycles. The highest BCUT2D eigenvalue weighted by molar-refractivity contribution is 5.93. The van der Waals surface area contributed by atoms with Crippen LogP contribution in [0.4, 0.5) is 17.1 Å². The summed E-state index contributed by atoms with van der Waals surface area (Å²) >= 11 is 0. The Morgan fingerprint density at radius 1 is 0.262 bits per heavy atom. The smallest absolute Gasteiger partial charge is 0.0540 e. The largest absolute Gasteiger partial charge is 0.310 e. The van der Waals surface area contributed by atoms with E-state index in [-0.39, 0.29) is 10.8 Å². The first-order valence-corrected chi connectivity index (χ1v) is 21.5. The molecule has 0 N–H and O–H groups in total. The van der Waals surface area contributed by atoms with Gasteiger partial charge in [-0.05, 0) is 120 Å². The maximum atomic E-state index is 2.50. The van der Waals surface area contributed by atoms with Crippen molar-refractivity contribution < 1.29 is 0 Å². The predicted molar refractivity (Wildman–Crippen MR) is 258 cm³/mol. The molecule has 0 aromatic heterocycles. The molecule has 292 valence electrons. The molecule has 0 fully saturated rings. The highest BCUT2D eigenvalue weighted by atomic mass is 15.1. The maximum Gasteiger partial charge on any atom is 0.0540 e. The van der Waals surface area contributed by atoms with Crippen molar-refractivity contribution in [2.24, 2.45) is 0 Å². The van der Waals surface area contributed by atoms with Crippen molar-refractivity contribution in [1.29, 1.82) is 0 Å². The van der Waals surface area contributed by atoms with Gasteiger partial charge >= 0.3 is 0 Å². The summed E-state index contributed by atoms with van der Waals surface area (Å²) in [5.41, 5.74) is 23.6. The van der Waals surface area contributed by atoms with Crippen LogP contribution >= 0.6 is 0 Å². The zero-order valence-corrected chi connectivity index (χ0v) is 35.2. The Bertz CT molecular complexity index is 3100. The molecule has 11 rings (SSSR count). The summed E-state index contributed by atoms with van der Waals surface area (Å²) < 4.78 is 0. The lowest BCUT2D eigenvalue weighted by Gasteiger charge is -2.31. The van der Waals surface area contributed by atoms with E-state index in [1.165, 1.54) is 89.0 Å². The lowest BCUT2D eigenvalue weighted by Crippen LogP contribution is -2.18. The Morgan fingerprint density at radius 2 is 0.623 bits per heavy atom. The van der Waals surface area contributed by atoms with Crippen molar-refractivity contribution >= 4 is 17.1 Å². The summed E-state index contributed by atoms with van der Waals surface area (Å²) in [5.74, 6) is 0. The lowest BCUT2D eigenvalue weighted by molar-refractivity contribution is 0.660. The molecule has 2 aliphatic rings. The number of nitrogens with zero attached hydrogens (tertiary/aromatic N) is 1. The summed E-state index contributed by atoms with van der Waals surface area (Å²) in [4.78, 5) is 2.50. The van der Waals surface area contributed by atoms with E-state index in [1.807, 2.05) is 0 Å². The fraction of sp³-hybridized carbons (Fsp3) is 0.100. The van der Waals surface area contributed by atoms with Crippen molar-refractivity contribution in [2.45, 2.75) is 38.5 Å². The van der Waals surface area contributed by atoms with Crippen LogP contribution in [0.5, 0.6) is 0 Å². The van der Waals surface area contributed by atoms with Gasteiger partial charge in [-0.15, -0.1) is 0 Å². The van der Waals surface area contributed by atoms with E-state index in [2.05, 4.69) is 245 Å². The molecule has 1 nitrogen and oxygen atoms in total. The quantitative estimate of drug-likeness (QED) is 0.156. The van der Waals surface area contributed by atoms with E-state index in [9.17, 15) is 0 Å². The van der Waals surface area contributed by atoms with Crippen molar-refractivity contribution in [1.82, 2.24) is 0 Å². The molecule has 0 saturated heterocycles. The SMILES string of the molecule is CC1(C)c2ccccc2-c2ccc(N(c3ccc4c(c3)C(C)(C)c3cc(-c5ccc(-c6ccccc6)cc5)ccc3-4)c3ccccc3-c3ccc(-c4ccccc4)cc3)cc21. The van der Waals surface area contributed by atoms with Crippen LogP contribution in [0.2, 0.25) is 0 Å². The van der Waals surface area contributed by atoms with Crippen molar-refractivity contribution in [2.75, 3.05) is 4.90 Å². The molecule has 0 bridgehead atoms. The zero-order chi connectivity index (χ0) is 41.3. The Kier molecular flexibility index (Phi) is 8.58. The fourth-order valence-corrected chi connectivity index (χ4v) is 10.2. The molecule has 61 heavy (non-hydrogen) atoms. The number of hydrogen-bond acceptors (Lipinski definition) is 1. The van der Waals surface area contributed by atoms with E-state index in [4.69, 9.17) is 0 Å². The Balaban J connectivity index is 1.02. The molecule has 0 saturated carbocycles. The van der Waals surface area contributed by atoms with Crippen LogP contribution in [0.15, 0.2) is 212 Å². The third-order valence-electron chi connectivity index (χ3n) is 13.5. The summed E-state index contributed by atoms with van der Waals surface area (Å²) in [6.07, 6.45) is 0. The minimum atomic E-state index is -0.208. The number of fused-ring (bicyclic) bond motifs is 6. The molecule has 0 spiro atoms. The van der Waals surface area contributed by atoms with Gasteiger partial charge in [-0.3, -0.25) is 0 Å². The highest BCUT2D eigenvalue weighted by Gasteiger charge is 2.38. The van der Waals surface area contributed by atoms with Crippen LogP contribution in [0.25, 0.3) is 66.8 Å². The van der Waals surface area contributed by atoms with Gasteiger partial charge in [0.05, 0.1) is 5.69 Å². The highest BCUT2D eigenvalue weighted by Crippen LogP contribution is 2.54. The minimum Gasteiger partial charge on any atom is -0.310 e. The van der Waals surface area contributed by atoms with Gasteiger partial charge in [0.25, 0.3) is 0 Å². The molecule has 1 heteroatoms. The van der Waals surface area contributed by atoms with Crippen LogP contribution in [-0.4, -0.2) is 0 Å². The summed E-state index contributed by atoms with van der Waals surface area (Å²) in [5, 5.41) is 0.